The highest BCUT2D eigenvalue weighted by atomic mass is 79.9. The number of carbonyl (C=O) groups excluding carboxylic acids is 4. The number of nitrogens with zero attached hydrogens (tertiary/aromatic N) is 4. The minimum atomic E-state index is -1.10. The van der Waals surface area contributed by atoms with E-state index in [4.69, 9.17) is 18.9 Å². The Balaban J connectivity index is 2.09. The number of hydrogen-bond acceptors (Lipinski definition) is 12. The van der Waals surface area contributed by atoms with Crippen molar-refractivity contribution in [2.24, 2.45) is 0 Å². The lowest BCUT2D eigenvalue weighted by Crippen LogP contribution is -2.57. The first-order valence-corrected chi connectivity index (χ1v) is 12.1. The van der Waals surface area contributed by atoms with Crippen molar-refractivity contribution in [2.45, 2.75) is 62.4 Å². The molecule has 2 aromatic rings. The van der Waals surface area contributed by atoms with Gasteiger partial charge < -0.3 is 18.9 Å². The van der Waals surface area contributed by atoms with Crippen molar-refractivity contribution in [1.82, 2.24) is 20.0 Å². The first-order chi connectivity index (χ1) is 16.5. The molecule has 1 fully saturated rings. The van der Waals surface area contributed by atoms with Gasteiger partial charge in [-0.1, -0.05) is 17.0 Å². The van der Waals surface area contributed by atoms with Gasteiger partial charge in [-0.2, -0.15) is 0 Å². The standard InChI is InChI=1S/C21H23BrN4O8S/c1-10(27)16-8-26(25-24-16)18-19(32-12(3)29)17(9-31-11(2)28)34-21(20(18)33-13(4)30)35-15-5-14(22)6-23-7-15/h5-8,17-21H,9H2,1-4H3. The summed E-state index contributed by atoms with van der Waals surface area (Å²) in [5.74, 6) is -2.16. The summed E-state index contributed by atoms with van der Waals surface area (Å²) < 4.78 is 24.5. The second-order valence-electron chi connectivity index (χ2n) is 7.58. The highest BCUT2D eigenvalue weighted by Gasteiger charge is 2.52. The van der Waals surface area contributed by atoms with E-state index < -0.39 is 47.7 Å². The lowest BCUT2D eigenvalue weighted by Gasteiger charge is -2.44. The highest BCUT2D eigenvalue weighted by Crippen LogP contribution is 2.41. The zero-order valence-corrected chi connectivity index (χ0v) is 21.6. The molecule has 0 amide bonds. The first-order valence-electron chi connectivity index (χ1n) is 10.4. The molecule has 12 nitrogen and oxygen atoms in total. The predicted octanol–water partition coefficient (Wildman–Crippen LogP) is 2.12. The number of thioether (sulfide) groups is 1. The molecule has 1 aliphatic heterocycles. The van der Waals surface area contributed by atoms with Gasteiger partial charge in [0.25, 0.3) is 0 Å². The molecule has 0 aliphatic carbocycles. The minimum absolute atomic E-state index is 0.0663. The highest BCUT2D eigenvalue weighted by molar-refractivity contribution is 9.10. The number of carbonyl (C=O) groups is 4. The number of pyridine rings is 1. The van der Waals surface area contributed by atoms with Crippen LogP contribution in [0.1, 0.15) is 44.2 Å². The van der Waals surface area contributed by atoms with Gasteiger partial charge in [0.05, 0.1) is 6.20 Å². The summed E-state index contributed by atoms with van der Waals surface area (Å²) in [6, 6.07) is 0.832. The summed E-state index contributed by atoms with van der Waals surface area (Å²) in [4.78, 5) is 52.3. The Morgan fingerprint density at radius 1 is 1.06 bits per heavy atom. The van der Waals surface area contributed by atoms with Crippen LogP contribution < -0.4 is 0 Å². The van der Waals surface area contributed by atoms with Gasteiger partial charge in [-0.05, 0) is 22.0 Å². The Morgan fingerprint density at radius 3 is 2.31 bits per heavy atom. The molecule has 5 unspecified atom stereocenters. The Bertz CT molecular complexity index is 1110. The summed E-state index contributed by atoms with van der Waals surface area (Å²) in [6.45, 7) is 4.75. The maximum Gasteiger partial charge on any atom is 0.303 e. The fourth-order valence-corrected chi connectivity index (χ4v) is 5.10. The number of rotatable bonds is 8. The zero-order chi connectivity index (χ0) is 25.7. The van der Waals surface area contributed by atoms with Gasteiger partial charge in [-0.25, -0.2) is 4.68 Å². The number of esters is 3. The Hall–Kier alpha value is -2.84. The fourth-order valence-electron chi connectivity index (χ4n) is 3.45. The van der Waals surface area contributed by atoms with Crippen LogP contribution in [-0.4, -0.2) is 74.0 Å². The van der Waals surface area contributed by atoms with Crippen molar-refractivity contribution in [3.8, 4) is 0 Å². The van der Waals surface area contributed by atoms with Crippen molar-refractivity contribution in [2.75, 3.05) is 6.61 Å². The van der Waals surface area contributed by atoms with Gasteiger partial charge in [0.15, 0.2) is 18.0 Å². The van der Waals surface area contributed by atoms with Crippen molar-refractivity contribution < 1.29 is 38.1 Å². The Kier molecular flexibility index (Phi) is 8.97. The molecule has 14 heteroatoms. The monoisotopic (exact) mass is 570 g/mol. The maximum absolute atomic E-state index is 12.1. The van der Waals surface area contributed by atoms with Gasteiger partial charge in [0, 0.05) is 49.5 Å². The normalized spacial score (nSPS) is 23.9. The molecule has 3 rings (SSSR count). The molecule has 2 aromatic heterocycles. The maximum atomic E-state index is 12.1. The van der Waals surface area contributed by atoms with Crippen LogP contribution in [0.2, 0.25) is 0 Å². The third-order valence-electron chi connectivity index (χ3n) is 4.78. The molecular weight excluding hydrogens is 548 g/mol. The molecule has 0 spiro atoms. The van der Waals surface area contributed by atoms with E-state index in [-0.39, 0.29) is 18.1 Å². The average molecular weight is 571 g/mol. The van der Waals surface area contributed by atoms with Crippen LogP contribution in [0, 0.1) is 0 Å². The second kappa shape index (κ2) is 11.7. The molecular formula is C21H23BrN4O8S. The third-order valence-corrected chi connectivity index (χ3v) is 6.32. The van der Waals surface area contributed by atoms with Crippen LogP contribution in [0.3, 0.4) is 0 Å². The molecule has 5 atom stereocenters. The lowest BCUT2D eigenvalue weighted by atomic mass is 9.96. The number of Topliss-reactive ketones (excluding diaryl/α,β-unsaturated/α-hetero) is 1. The number of aromatic nitrogens is 4. The van der Waals surface area contributed by atoms with Crippen LogP contribution >= 0.6 is 27.7 Å². The van der Waals surface area contributed by atoms with E-state index in [1.165, 1.54) is 50.3 Å². The molecule has 35 heavy (non-hydrogen) atoms. The third kappa shape index (κ3) is 7.08. The largest absolute Gasteiger partial charge is 0.463 e. The smallest absolute Gasteiger partial charge is 0.303 e. The molecule has 0 saturated carbocycles. The van der Waals surface area contributed by atoms with Crippen molar-refractivity contribution in [1.29, 1.82) is 0 Å². The van der Waals surface area contributed by atoms with Crippen LogP contribution in [0.4, 0.5) is 0 Å². The van der Waals surface area contributed by atoms with Crippen LogP contribution in [0.15, 0.2) is 34.0 Å². The van der Waals surface area contributed by atoms with Gasteiger partial charge in [0.2, 0.25) is 0 Å². The molecule has 1 saturated heterocycles. The van der Waals surface area contributed by atoms with Crippen LogP contribution in [0.5, 0.6) is 0 Å². The summed E-state index contributed by atoms with van der Waals surface area (Å²) >= 11 is 4.56. The summed E-state index contributed by atoms with van der Waals surface area (Å²) in [7, 11) is 0. The number of ketones is 1. The lowest BCUT2D eigenvalue weighted by molar-refractivity contribution is -0.212. The molecule has 0 bridgehead atoms. The predicted molar refractivity (Wildman–Crippen MR) is 123 cm³/mol. The van der Waals surface area contributed by atoms with E-state index in [1.54, 1.807) is 18.5 Å². The quantitative estimate of drug-likeness (QED) is 0.260. The van der Waals surface area contributed by atoms with Crippen molar-refractivity contribution in [3.63, 3.8) is 0 Å². The zero-order valence-electron chi connectivity index (χ0n) is 19.2. The van der Waals surface area contributed by atoms with Crippen LogP contribution in [-0.2, 0) is 33.3 Å². The molecule has 0 N–H and O–H groups in total. The van der Waals surface area contributed by atoms with E-state index in [9.17, 15) is 19.2 Å². The first kappa shape index (κ1) is 26.8. The number of halogens is 1. The van der Waals surface area contributed by atoms with Crippen LogP contribution in [0.25, 0.3) is 0 Å². The molecule has 1 aliphatic rings. The SMILES string of the molecule is CC(=O)OCC1OC(Sc2cncc(Br)c2)C(OC(C)=O)C(n2cc(C(C)=O)nn2)C1OC(C)=O. The topological polar surface area (TPSA) is 149 Å². The van der Waals surface area contributed by atoms with Crippen molar-refractivity contribution in [3.05, 3.63) is 34.8 Å². The minimum Gasteiger partial charge on any atom is -0.463 e. The summed E-state index contributed by atoms with van der Waals surface area (Å²) in [6.07, 6.45) is 1.47. The molecule has 188 valence electrons. The second-order valence-corrected chi connectivity index (χ2v) is 9.67. The summed E-state index contributed by atoms with van der Waals surface area (Å²) in [5, 5.41) is 7.90. The van der Waals surface area contributed by atoms with Gasteiger partial charge >= 0.3 is 17.9 Å². The average Bonchev–Trinajstić information content (AvgIpc) is 3.24. The van der Waals surface area contributed by atoms with E-state index in [1.807, 2.05) is 0 Å². The fraction of sp³-hybridized carbons (Fsp3) is 0.476. The molecule has 0 radical (unpaired) electrons. The number of ether oxygens (including phenoxy) is 4. The van der Waals surface area contributed by atoms with Gasteiger partial charge in [0.1, 0.15) is 29.9 Å². The Morgan fingerprint density at radius 2 is 1.74 bits per heavy atom. The Labute approximate surface area is 213 Å². The van der Waals surface area contributed by atoms with E-state index in [0.717, 1.165) is 4.47 Å². The van der Waals surface area contributed by atoms with Gasteiger partial charge in [-0.3, -0.25) is 24.2 Å². The van der Waals surface area contributed by atoms with E-state index in [0.29, 0.717) is 4.90 Å². The molecule has 3 heterocycles. The summed E-state index contributed by atoms with van der Waals surface area (Å²) in [5.41, 5.74) is -0.797. The number of hydrogen-bond donors (Lipinski definition) is 0. The van der Waals surface area contributed by atoms with Gasteiger partial charge in [-0.15, -0.1) is 5.10 Å². The van der Waals surface area contributed by atoms with Crippen molar-refractivity contribution >= 4 is 51.4 Å². The molecule has 0 aromatic carbocycles. The van der Waals surface area contributed by atoms with E-state index >= 15 is 0 Å². The van der Waals surface area contributed by atoms with E-state index in [2.05, 4.69) is 31.2 Å².